The standard InChI is InChI=1S/C19H22N2O5S2/c1-2-21(17-12-13-27(23,24)14-17)19(22)15-8-10-16(11-9-15)20-28(25,26)18-6-4-3-5-7-18/h3-11,17,20H,2,12-14H2,1H3/t17-/m0/s1. The van der Waals surface area contributed by atoms with Gasteiger partial charge in [0.05, 0.1) is 16.4 Å². The van der Waals surface area contributed by atoms with Gasteiger partial charge in [0.15, 0.2) is 9.84 Å². The molecule has 1 saturated heterocycles. The number of rotatable bonds is 6. The van der Waals surface area contributed by atoms with Gasteiger partial charge in [-0.05, 0) is 49.7 Å². The lowest BCUT2D eigenvalue weighted by atomic mass is 10.1. The first-order chi connectivity index (χ1) is 13.2. The van der Waals surface area contributed by atoms with Gasteiger partial charge in [-0.1, -0.05) is 18.2 Å². The first-order valence-corrected chi connectivity index (χ1v) is 12.2. The largest absolute Gasteiger partial charge is 0.335 e. The molecule has 0 aromatic heterocycles. The molecule has 2 aromatic rings. The molecule has 28 heavy (non-hydrogen) atoms. The summed E-state index contributed by atoms with van der Waals surface area (Å²) in [6.07, 6.45) is 0.441. The van der Waals surface area contributed by atoms with Crippen molar-refractivity contribution in [3.05, 3.63) is 60.2 Å². The zero-order valence-electron chi connectivity index (χ0n) is 15.4. The number of carbonyl (C=O) groups is 1. The minimum Gasteiger partial charge on any atom is -0.335 e. The topological polar surface area (TPSA) is 101 Å². The summed E-state index contributed by atoms with van der Waals surface area (Å²) in [5.41, 5.74) is 0.723. The first-order valence-electron chi connectivity index (χ1n) is 8.91. The fourth-order valence-electron chi connectivity index (χ4n) is 3.25. The molecular weight excluding hydrogens is 400 g/mol. The maximum Gasteiger partial charge on any atom is 0.261 e. The Morgan fingerprint density at radius 1 is 1.11 bits per heavy atom. The third kappa shape index (κ3) is 4.53. The lowest BCUT2D eigenvalue weighted by molar-refractivity contribution is 0.0708. The SMILES string of the molecule is CCN(C(=O)c1ccc(NS(=O)(=O)c2ccccc2)cc1)[C@H]1CCS(=O)(=O)C1. The number of hydrogen-bond acceptors (Lipinski definition) is 5. The molecule has 1 aliphatic heterocycles. The number of sulfonamides is 1. The Morgan fingerprint density at radius 3 is 2.29 bits per heavy atom. The van der Waals surface area contributed by atoms with Crippen molar-refractivity contribution in [1.82, 2.24) is 4.90 Å². The molecule has 0 bridgehead atoms. The normalized spacial score (nSPS) is 18.5. The van der Waals surface area contributed by atoms with E-state index < -0.39 is 19.9 Å². The van der Waals surface area contributed by atoms with Gasteiger partial charge in [-0.3, -0.25) is 9.52 Å². The molecule has 2 aromatic carbocycles. The number of amides is 1. The average molecular weight is 423 g/mol. The van der Waals surface area contributed by atoms with E-state index in [4.69, 9.17) is 0 Å². The molecule has 1 heterocycles. The van der Waals surface area contributed by atoms with Crippen LogP contribution in [0.25, 0.3) is 0 Å². The summed E-state index contributed by atoms with van der Waals surface area (Å²) in [6.45, 7) is 2.21. The summed E-state index contributed by atoms with van der Waals surface area (Å²) in [7, 11) is -6.80. The Labute approximate surface area is 165 Å². The fraction of sp³-hybridized carbons (Fsp3) is 0.316. The van der Waals surface area contributed by atoms with Crippen LogP contribution < -0.4 is 4.72 Å². The van der Waals surface area contributed by atoms with E-state index in [0.29, 0.717) is 24.2 Å². The lowest BCUT2D eigenvalue weighted by Crippen LogP contribution is -2.40. The molecule has 1 N–H and O–H groups in total. The van der Waals surface area contributed by atoms with Crippen LogP contribution in [0.3, 0.4) is 0 Å². The van der Waals surface area contributed by atoms with Crippen molar-refractivity contribution in [3.63, 3.8) is 0 Å². The molecule has 0 radical (unpaired) electrons. The Hall–Kier alpha value is -2.39. The molecular formula is C19H22N2O5S2. The van der Waals surface area contributed by atoms with Crippen molar-refractivity contribution in [2.24, 2.45) is 0 Å². The highest BCUT2D eigenvalue weighted by Gasteiger charge is 2.34. The van der Waals surface area contributed by atoms with Crippen molar-refractivity contribution < 1.29 is 21.6 Å². The van der Waals surface area contributed by atoms with Crippen molar-refractivity contribution in [1.29, 1.82) is 0 Å². The Morgan fingerprint density at radius 2 is 1.75 bits per heavy atom. The van der Waals surface area contributed by atoms with Crippen LogP contribution in [0.4, 0.5) is 5.69 Å². The van der Waals surface area contributed by atoms with Crippen molar-refractivity contribution in [2.45, 2.75) is 24.3 Å². The predicted octanol–water partition coefficient (Wildman–Crippen LogP) is 2.14. The first kappa shape index (κ1) is 20.3. The number of hydrogen-bond donors (Lipinski definition) is 1. The highest BCUT2D eigenvalue weighted by Crippen LogP contribution is 2.21. The van der Waals surface area contributed by atoms with Crippen molar-refractivity contribution >= 4 is 31.5 Å². The van der Waals surface area contributed by atoms with E-state index in [1.54, 1.807) is 23.1 Å². The van der Waals surface area contributed by atoms with Crippen LogP contribution in [0, 0.1) is 0 Å². The van der Waals surface area contributed by atoms with Gasteiger partial charge in [-0.25, -0.2) is 16.8 Å². The quantitative estimate of drug-likeness (QED) is 0.769. The van der Waals surface area contributed by atoms with E-state index in [1.807, 2.05) is 6.92 Å². The van der Waals surface area contributed by atoms with Crippen LogP contribution in [0.15, 0.2) is 59.5 Å². The lowest BCUT2D eigenvalue weighted by Gasteiger charge is -2.27. The van der Waals surface area contributed by atoms with E-state index >= 15 is 0 Å². The third-order valence-electron chi connectivity index (χ3n) is 4.69. The average Bonchev–Trinajstić information content (AvgIpc) is 3.03. The van der Waals surface area contributed by atoms with Gasteiger partial charge in [0.2, 0.25) is 0 Å². The number of benzene rings is 2. The van der Waals surface area contributed by atoms with E-state index in [-0.39, 0.29) is 28.4 Å². The summed E-state index contributed by atoms with van der Waals surface area (Å²) in [5, 5.41) is 0. The number of nitrogens with zero attached hydrogens (tertiary/aromatic N) is 1. The van der Waals surface area contributed by atoms with E-state index in [0.717, 1.165) is 0 Å². The summed E-state index contributed by atoms with van der Waals surface area (Å²) in [4.78, 5) is 14.5. The van der Waals surface area contributed by atoms with Gasteiger partial charge in [-0.15, -0.1) is 0 Å². The molecule has 0 unspecified atom stereocenters. The second-order valence-electron chi connectivity index (χ2n) is 6.64. The Balaban J connectivity index is 1.74. The molecule has 0 spiro atoms. The number of sulfone groups is 1. The molecule has 1 atom stereocenters. The van der Waals surface area contributed by atoms with Gasteiger partial charge < -0.3 is 4.90 Å². The van der Waals surface area contributed by atoms with Crippen molar-refractivity contribution in [3.8, 4) is 0 Å². The second kappa shape index (κ2) is 7.92. The Kier molecular flexibility index (Phi) is 5.76. The number of anilines is 1. The molecule has 7 nitrogen and oxygen atoms in total. The fourth-order valence-corrected chi connectivity index (χ4v) is 6.06. The molecule has 9 heteroatoms. The van der Waals surface area contributed by atoms with Crippen LogP contribution >= 0.6 is 0 Å². The summed E-state index contributed by atoms with van der Waals surface area (Å²) in [6, 6.07) is 13.8. The van der Waals surface area contributed by atoms with Gasteiger partial charge in [0.1, 0.15) is 0 Å². The highest BCUT2D eigenvalue weighted by atomic mass is 32.2. The highest BCUT2D eigenvalue weighted by molar-refractivity contribution is 7.92. The maximum absolute atomic E-state index is 12.8. The van der Waals surface area contributed by atoms with Gasteiger partial charge >= 0.3 is 0 Å². The molecule has 0 aliphatic carbocycles. The van der Waals surface area contributed by atoms with Crippen LogP contribution in [-0.2, 0) is 19.9 Å². The minimum absolute atomic E-state index is 0.0124. The molecule has 150 valence electrons. The van der Waals surface area contributed by atoms with Crippen LogP contribution in [0.2, 0.25) is 0 Å². The molecule has 1 fully saturated rings. The zero-order valence-corrected chi connectivity index (χ0v) is 17.0. The van der Waals surface area contributed by atoms with E-state index in [1.165, 1.54) is 36.4 Å². The van der Waals surface area contributed by atoms with Crippen molar-refractivity contribution in [2.75, 3.05) is 22.8 Å². The number of nitrogens with one attached hydrogen (secondary N) is 1. The van der Waals surface area contributed by atoms with Gasteiger partial charge in [-0.2, -0.15) is 0 Å². The molecule has 1 amide bonds. The summed E-state index contributed by atoms with van der Waals surface area (Å²) in [5.74, 6) is -0.175. The molecule has 3 rings (SSSR count). The van der Waals surface area contributed by atoms with E-state index in [9.17, 15) is 21.6 Å². The van der Waals surface area contributed by atoms with Crippen LogP contribution in [0.1, 0.15) is 23.7 Å². The summed E-state index contributed by atoms with van der Waals surface area (Å²) < 4.78 is 50.6. The van der Waals surface area contributed by atoms with Crippen LogP contribution in [0.5, 0.6) is 0 Å². The second-order valence-corrected chi connectivity index (χ2v) is 10.6. The minimum atomic E-state index is -3.71. The molecule has 0 saturated carbocycles. The van der Waals surface area contributed by atoms with E-state index in [2.05, 4.69) is 4.72 Å². The Bertz CT molecular complexity index is 1050. The van der Waals surface area contributed by atoms with Gasteiger partial charge in [0.25, 0.3) is 15.9 Å². The van der Waals surface area contributed by atoms with Gasteiger partial charge in [0, 0.05) is 23.8 Å². The number of carbonyl (C=O) groups excluding carboxylic acids is 1. The molecule has 1 aliphatic rings. The smallest absolute Gasteiger partial charge is 0.261 e. The maximum atomic E-state index is 12.8. The van der Waals surface area contributed by atoms with Crippen LogP contribution in [-0.4, -0.2) is 51.7 Å². The monoisotopic (exact) mass is 422 g/mol. The zero-order chi connectivity index (χ0) is 20.4. The summed E-state index contributed by atoms with van der Waals surface area (Å²) >= 11 is 0. The predicted molar refractivity (Wildman–Crippen MR) is 107 cm³/mol. The third-order valence-corrected chi connectivity index (χ3v) is 7.84.